The van der Waals surface area contributed by atoms with Crippen LogP contribution in [0.4, 0.5) is 5.69 Å². The Morgan fingerprint density at radius 3 is 2.64 bits per heavy atom. The number of aromatic hydroxyl groups is 1. The molecule has 3 aliphatic rings. The number of hydrogen-bond donors (Lipinski definition) is 2. The highest BCUT2D eigenvalue weighted by molar-refractivity contribution is 6.07. The molecule has 3 aromatic rings. The Bertz CT molecular complexity index is 1280. The summed E-state index contributed by atoms with van der Waals surface area (Å²) in [5.74, 6) is 0.882. The summed E-state index contributed by atoms with van der Waals surface area (Å²) >= 11 is 0. The molecule has 2 aliphatic heterocycles. The zero-order chi connectivity index (χ0) is 22.5. The molecule has 0 bridgehead atoms. The van der Waals surface area contributed by atoms with Gasteiger partial charge in [0.2, 0.25) is 0 Å². The van der Waals surface area contributed by atoms with Gasteiger partial charge in [0, 0.05) is 18.2 Å². The largest absolute Gasteiger partial charge is 0.506 e. The van der Waals surface area contributed by atoms with E-state index in [0.29, 0.717) is 5.69 Å². The van der Waals surface area contributed by atoms with E-state index >= 15 is 0 Å². The predicted octanol–water partition coefficient (Wildman–Crippen LogP) is 4.91. The number of phenols is 1. The zero-order valence-corrected chi connectivity index (χ0v) is 18.5. The van der Waals surface area contributed by atoms with E-state index in [4.69, 9.17) is 4.74 Å². The van der Waals surface area contributed by atoms with Crippen molar-refractivity contribution in [1.29, 1.82) is 0 Å². The van der Waals surface area contributed by atoms with E-state index in [1.165, 1.54) is 16.7 Å². The van der Waals surface area contributed by atoms with Crippen LogP contribution in [0.1, 0.15) is 46.3 Å². The van der Waals surface area contributed by atoms with E-state index in [2.05, 4.69) is 46.6 Å². The van der Waals surface area contributed by atoms with Crippen LogP contribution >= 0.6 is 0 Å². The molecule has 2 heterocycles. The number of carbonyl (C=O) groups excluding carboxylic acids is 1. The summed E-state index contributed by atoms with van der Waals surface area (Å²) < 4.78 is 5.46. The molecular weight excluding hydrogens is 412 g/mol. The third-order valence-corrected chi connectivity index (χ3v) is 7.11. The van der Waals surface area contributed by atoms with Gasteiger partial charge in [0.1, 0.15) is 11.5 Å². The number of nitrogens with zero attached hydrogens (tertiary/aromatic N) is 1. The molecule has 0 saturated carbocycles. The quantitative estimate of drug-likeness (QED) is 0.568. The van der Waals surface area contributed by atoms with Crippen molar-refractivity contribution in [1.82, 2.24) is 4.90 Å². The standard InChI is InChI=1S/C28H26N2O3/c1-33-21-9-10-22-19(13-21)11-12-30-25(22)14-20-15-26(31)24(29-28(32)18-7-8-18)16-23(20)27(30)17-5-3-2-4-6-17/h2-7,9-10,13,15-16,25,27,31H,8,11-12,14H2,1H3,(H,29,32). The Balaban J connectivity index is 1.46. The average Bonchev–Trinajstić information content (AvgIpc) is 3.69. The van der Waals surface area contributed by atoms with Crippen LogP contribution in [0.2, 0.25) is 0 Å². The van der Waals surface area contributed by atoms with E-state index < -0.39 is 0 Å². The van der Waals surface area contributed by atoms with E-state index in [1.807, 2.05) is 30.3 Å². The number of anilines is 1. The van der Waals surface area contributed by atoms with Gasteiger partial charge in [-0.25, -0.2) is 0 Å². The second-order valence-corrected chi connectivity index (χ2v) is 9.04. The molecule has 3 aromatic carbocycles. The highest BCUT2D eigenvalue weighted by Gasteiger charge is 2.39. The Labute approximate surface area is 193 Å². The van der Waals surface area contributed by atoms with Gasteiger partial charge in [-0.15, -0.1) is 0 Å². The van der Waals surface area contributed by atoms with Gasteiger partial charge in [-0.1, -0.05) is 42.5 Å². The third kappa shape index (κ3) is 3.49. The number of ether oxygens (including phenoxy) is 1. The Morgan fingerprint density at radius 1 is 1.06 bits per heavy atom. The van der Waals surface area contributed by atoms with Crippen molar-refractivity contribution in [3.05, 3.63) is 100 Å². The van der Waals surface area contributed by atoms with Crippen molar-refractivity contribution in [2.24, 2.45) is 0 Å². The molecular formula is C28H26N2O3. The first-order chi connectivity index (χ1) is 16.1. The first-order valence-corrected chi connectivity index (χ1v) is 11.5. The van der Waals surface area contributed by atoms with Crippen LogP contribution in [-0.4, -0.2) is 29.6 Å². The van der Waals surface area contributed by atoms with Crippen LogP contribution in [0.5, 0.6) is 11.5 Å². The van der Waals surface area contributed by atoms with Crippen molar-refractivity contribution in [2.75, 3.05) is 19.0 Å². The molecule has 0 saturated heterocycles. The highest BCUT2D eigenvalue weighted by Crippen LogP contribution is 2.48. The first kappa shape index (κ1) is 20.1. The molecule has 0 fully saturated rings. The van der Waals surface area contributed by atoms with Gasteiger partial charge in [-0.05, 0) is 71.3 Å². The minimum atomic E-state index is -0.129. The summed E-state index contributed by atoms with van der Waals surface area (Å²) in [4.78, 5) is 14.9. The molecule has 2 N–H and O–H groups in total. The van der Waals surface area contributed by atoms with Crippen molar-refractivity contribution >= 4 is 11.6 Å². The van der Waals surface area contributed by atoms with Gasteiger partial charge in [-0.3, -0.25) is 9.69 Å². The van der Waals surface area contributed by atoms with Crippen LogP contribution < -0.4 is 10.1 Å². The van der Waals surface area contributed by atoms with Gasteiger partial charge in [0.15, 0.2) is 0 Å². The Morgan fingerprint density at radius 2 is 1.88 bits per heavy atom. The fraction of sp³-hybridized carbons (Fsp3) is 0.250. The predicted molar refractivity (Wildman–Crippen MR) is 128 cm³/mol. The summed E-state index contributed by atoms with van der Waals surface area (Å²) in [5, 5.41) is 13.7. The van der Waals surface area contributed by atoms with E-state index in [-0.39, 0.29) is 23.7 Å². The number of phenolic OH excluding ortho intramolecular Hbond substituents is 1. The second-order valence-electron chi connectivity index (χ2n) is 9.04. The molecule has 2 unspecified atom stereocenters. The van der Waals surface area contributed by atoms with Crippen molar-refractivity contribution < 1.29 is 14.6 Å². The molecule has 0 radical (unpaired) electrons. The van der Waals surface area contributed by atoms with Crippen molar-refractivity contribution in [3.8, 4) is 11.5 Å². The van der Waals surface area contributed by atoms with Gasteiger partial charge >= 0.3 is 0 Å². The maximum Gasteiger partial charge on any atom is 0.251 e. The molecule has 0 aromatic heterocycles. The highest BCUT2D eigenvalue weighted by atomic mass is 16.5. The molecule has 166 valence electrons. The number of benzene rings is 3. The molecule has 33 heavy (non-hydrogen) atoms. The maximum absolute atomic E-state index is 12.4. The number of hydrogen-bond acceptors (Lipinski definition) is 4. The van der Waals surface area contributed by atoms with E-state index in [0.717, 1.165) is 48.3 Å². The second kappa shape index (κ2) is 7.78. The summed E-state index contributed by atoms with van der Waals surface area (Å²) in [6.07, 6.45) is 4.38. The van der Waals surface area contributed by atoms with Crippen LogP contribution in [-0.2, 0) is 17.6 Å². The molecule has 6 rings (SSSR count). The topological polar surface area (TPSA) is 61.8 Å². The minimum Gasteiger partial charge on any atom is -0.506 e. The lowest BCUT2D eigenvalue weighted by Gasteiger charge is -2.47. The van der Waals surface area contributed by atoms with Crippen LogP contribution in [0, 0.1) is 0 Å². The lowest BCUT2D eigenvalue weighted by Crippen LogP contribution is -2.43. The first-order valence-electron chi connectivity index (χ1n) is 11.5. The number of allylic oxidation sites excluding steroid dienone is 1. The lowest BCUT2D eigenvalue weighted by atomic mass is 9.78. The maximum atomic E-state index is 12.4. The Kier molecular flexibility index (Phi) is 4.73. The molecule has 1 amide bonds. The fourth-order valence-corrected chi connectivity index (χ4v) is 5.38. The van der Waals surface area contributed by atoms with Crippen molar-refractivity contribution in [3.63, 3.8) is 0 Å². The smallest absolute Gasteiger partial charge is 0.251 e. The fourth-order valence-electron chi connectivity index (χ4n) is 5.38. The Hall–Kier alpha value is -3.57. The average molecular weight is 439 g/mol. The van der Waals surface area contributed by atoms with Crippen molar-refractivity contribution in [2.45, 2.75) is 31.3 Å². The summed E-state index contributed by atoms with van der Waals surface area (Å²) in [6.45, 7) is 0.930. The lowest BCUT2D eigenvalue weighted by molar-refractivity contribution is -0.112. The minimum absolute atomic E-state index is 0.0478. The SMILES string of the molecule is COc1ccc2c(c1)CCN1C2Cc2cc(O)c(NC(=O)C3=CC3)cc2C1c1ccccc1. The van der Waals surface area contributed by atoms with Gasteiger partial charge in [-0.2, -0.15) is 0 Å². The number of nitrogens with one attached hydrogen (secondary N) is 1. The van der Waals surface area contributed by atoms with Gasteiger partial charge < -0.3 is 15.2 Å². The van der Waals surface area contributed by atoms with Crippen LogP contribution in [0.15, 0.2) is 72.3 Å². The molecule has 5 heteroatoms. The van der Waals surface area contributed by atoms with Gasteiger partial charge in [0.05, 0.1) is 18.8 Å². The number of carbonyl (C=O) groups is 1. The molecule has 0 spiro atoms. The van der Waals surface area contributed by atoms with E-state index in [1.54, 1.807) is 7.11 Å². The number of amides is 1. The van der Waals surface area contributed by atoms with Crippen LogP contribution in [0.25, 0.3) is 0 Å². The molecule has 2 atom stereocenters. The van der Waals surface area contributed by atoms with Gasteiger partial charge in [0.25, 0.3) is 5.91 Å². The van der Waals surface area contributed by atoms with Crippen LogP contribution in [0.3, 0.4) is 0 Å². The normalized spacial score (nSPS) is 20.7. The summed E-state index contributed by atoms with van der Waals surface area (Å²) in [5.41, 5.74) is 7.39. The number of fused-ring (bicyclic) bond motifs is 4. The van der Waals surface area contributed by atoms with E-state index in [9.17, 15) is 9.90 Å². The summed E-state index contributed by atoms with van der Waals surface area (Å²) in [7, 11) is 1.71. The molecule has 1 aliphatic carbocycles. The number of methoxy groups -OCH3 is 1. The number of rotatable bonds is 4. The third-order valence-electron chi connectivity index (χ3n) is 7.11. The summed E-state index contributed by atoms with van der Waals surface area (Å²) in [6, 6.07) is 21.0. The zero-order valence-electron chi connectivity index (χ0n) is 18.5. The molecule has 5 nitrogen and oxygen atoms in total. The monoisotopic (exact) mass is 438 g/mol.